The number of rotatable bonds is 1. The SMILES string of the molecule is CC1CCCCCC(C2=CCC(C)C2C)C1. The van der Waals surface area contributed by atoms with Crippen LogP contribution >= 0.6 is 0 Å². The minimum Gasteiger partial charge on any atom is -0.0845 e. The Morgan fingerprint density at radius 3 is 2.44 bits per heavy atom. The van der Waals surface area contributed by atoms with Crippen molar-refractivity contribution in [3.05, 3.63) is 11.6 Å². The van der Waals surface area contributed by atoms with Crippen LogP contribution in [0.4, 0.5) is 0 Å². The lowest BCUT2D eigenvalue weighted by Gasteiger charge is -2.28. The lowest BCUT2D eigenvalue weighted by atomic mass is 9.77. The maximum atomic E-state index is 2.58. The van der Waals surface area contributed by atoms with Crippen LogP contribution in [0.2, 0.25) is 0 Å². The Kier molecular flexibility index (Phi) is 4.10. The number of allylic oxidation sites excluding steroid dienone is 2. The second-order valence-corrected chi connectivity index (χ2v) is 6.38. The van der Waals surface area contributed by atoms with E-state index in [9.17, 15) is 0 Å². The van der Waals surface area contributed by atoms with E-state index in [1.807, 2.05) is 5.57 Å². The highest BCUT2D eigenvalue weighted by Crippen LogP contribution is 2.41. The molecular weight excluding hydrogens is 192 g/mol. The molecule has 4 unspecified atom stereocenters. The summed E-state index contributed by atoms with van der Waals surface area (Å²) in [5, 5.41) is 0. The first-order valence-electron chi connectivity index (χ1n) is 7.38. The summed E-state index contributed by atoms with van der Waals surface area (Å²) in [6.45, 7) is 7.33. The molecule has 92 valence electrons. The fourth-order valence-corrected chi connectivity index (χ4v) is 3.66. The van der Waals surface area contributed by atoms with Gasteiger partial charge in [-0.2, -0.15) is 0 Å². The zero-order valence-corrected chi connectivity index (χ0v) is 11.3. The quantitative estimate of drug-likeness (QED) is 0.533. The van der Waals surface area contributed by atoms with Gasteiger partial charge in [0.15, 0.2) is 0 Å². The molecule has 4 atom stereocenters. The molecule has 1 saturated carbocycles. The molecule has 0 spiro atoms. The summed E-state index contributed by atoms with van der Waals surface area (Å²) in [6, 6.07) is 0. The molecule has 0 aromatic carbocycles. The maximum absolute atomic E-state index is 2.58. The molecule has 16 heavy (non-hydrogen) atoms. The van der Waals surface area contributed by atoms with Crippen molar-refractivity contribution in [1.82, 2.24) is 0 Å². The lowest BCUT2D eigenvalue weighted by molar-refractivity contribution is 0.319. The van der Waals surface area contributed by atoms with Gasteiger partial charge < -0.3 is 0 Å². The van der Waals surface area contributed by atoms with Crippen LogP contribution in [-0.4, -0.2) is 0 Å². The summed E-state index contributed by atoms with van der Waals surface area (Å²) in [5.74, 6) is 3.64. The van der Waals surface area contributed by atoms with Crippen molar-refractivity contribution in [3.63, 3.8) is 0 Å². The average molecular weight is 220 g/mol. The predicted molar refractivity (Wildman–Crippen MR) is 71.4 cm³/mol. The highest BCUT2D eigenvalue weighted by atomic mass is 14.3. The molecule has 0 aromatic heterocycles. The number of hydrogen-bond acceptors (Lipinski definition) is 0. The van der Waals surface area contributed by atoms with Crippen LogP contribution in [-0.2, 0) is 0 Å². The number of hydrogen-bond donors (Lipinski definition) is 0. The largest absolute Gasteiger partial charge is 0.0845 e. The van der Waals surface area contributed by atoms with Gasteiger partial charge in [-0.15, -0.1) is 0 Å². The van der Waals surface area contributed by atoms with E-state index in [1.165, 1.54) is 44.9 Å². The molecule has 0 nitrogen and oxygen atoms in total. The minimum absolute atomic E-state index is 0.858. The van der Waals surface area contributed by atoms with Crippen molar-refractivity contribution >= 4 is 0 Å². The Labute approximate surface area is 102 Å². The Bertz CT molecular complexity index is 251. The van der Waals surface area contributed by atoms with Crippen LogP contribution in [0.1, 0.15) is 65.7 Å². The zero-order chi connectivity index (χ0) is 11.5. The summed E-state index contributed by atoms with van der Waals surface area (Å²) >= 11 is 0. The van der Waals surface area contributed by atoms with E-state index in [0.29, 0.717) is 0 Å². The molecule has 0 radical (unpaired) electrons. The fraction of sp³-hybridized carbons (Fsp3) is 0.875. The molecule has 0 amide bonds. The third-order valence-electron chi connectivity index (χ3n) is 5.01. The zero-order valence-electron chi connectivity index (χ0n) is 11.3. The van der Waals surface area contributed by atoms with Gasteiger partial charge in [-0.05, 0) is 42.9 Å². The monoisotopic (exact) mass is 220 g/mol. The van der Waals surface area contributed by atoms with Gasteiger partial charge in [-0.1, -0.05) is 58.1 Å². The van der Waals surface area contributed by atoms with Crippen LogP contribution in [0, 0.1) is 23.7 Å². The molecule has 2 aliphatic rings. The molecule has 0 heterocycles. The van der Waals surface area contributed by atoms with Crippen molar-refractivity contribution in [2.45, 2.75) is 65.7 Å². The van der Waals surface area contributed by atoms with Crippen molar-refractivity contribution in [3.8, 4) is 0 Å². The predicted octanol–water partition coefficient (Wildman–Crippen LogP) is 5.20. The third kappa shape index (κ3) is 2.70. The van der Waals surface area contributed by atoms with Crippen molar-refractivity contribution in [1.29, 1.82) is 0 Å². The van der Waals surface area contributed by atoms with E-state index in [2.05, 4.69) is 26.8 Å². The second-order valence-electron chi connectivity index (χ2n) is 6.38. The summed E-state index contributed by atoms with van der Waals surface area (Å²) in [7, 11) is 0. The Hall–Kier alpha value is -0.260. The van der Waals surface area contributed by atoms with Crippen LogP contribution in [0.15, 0.2) is 11.6 Å². The van der Waals surface area contributed by atoms with Crippen LogP contribution in [0.3, 0.4) is 0 Å². The molecule has 0 bridgehead atoms. The fourth-order valence-electron chi connectivity index (χ4n) is 3.66. The van der Waals surface area contributed by atoms with Crippen molar-refractivity contribution < 1.29 is 0 Å². The Balaban J connectivity index is 2.01. The van der Waals surface area contributed by atoms with Gasteiger partial charge in [0.05, 0.1) is 0 Å². The summed E-state index contributed by atoms with van der Waals surface area (Å²) in [6.07, 6.45) is 12.7. The van der Waals surface area contributed by atoms with E-state index in [0.717, 1.165) is 23.7 Å². The molecule has 2 rings (SSSR count). The molecule has 1 fully saturated rings. The van der Waals surface area contributed by atoms with E-state index >= 15 is 0 Å². The molecule has 0 aliphatic heterocycles. The normalized spacial score (nSPS) is 41.3. The third-order valence-corrected chi connectivity index (χ3v) is 5.01. The van der Waals surface area contributed by atoms with E-state index < -0.39 is 0 Å². The van der Waals surface area contributed by atoms with Gasteiger partial charge in [-0.25, -0.2) is 0 Å². The van der Waals surface area contributed by atoms with Gasteiger partial charge in [0.2, 0.25) is 0 Å². The van der Waals surface area contributed by atoms with E-state index in [-0.39, 0.29) is 0 Å². The summed E-state index contributed by atoms with van der Waals surface area (Å²) in [5.41, 5.74) is 1.82. The highest BCUT2D eigenvalue weighted by molar-refractivity contribution is 5.17. The Morgan fingerprint density at radius 1 is 1.00 bits per heavy atom. The Morgan fingerprint density at radius 2 is 1.75 bits per heavy atom. The maximum Gasteiger partial charge on any atom is -0.0198 e. The van der Waals surface area contributed by atoms with Crippen molar-refractivity contribution in [2.24, 2.45) is 23.7 Å². The first-order chi connectivity index (χ1) is 7.68. The molecule has 0 N–H and O–H groups in total. The first kappa shape index (κ1) is 12.2. The van der Waals surface area contributed by atoms with Gasteiger partial charge in [0.25, 0.3) is 0 Å². The van der Waals surface area contributed by atoms with Gasteiger partial charge in [0, 0.05) is 0 Å². The second kappa shape index (κ2) is 5.38. The summed E-state index contributed by atoms with van der Waals surface area (Å²) < 4.78 is 0. The van der Waals surface area contributed by atoms with Gasteiger partial charge in [-0.3, -0.25) is 0 Å². The standard InChI is InChI=1S/C16H28/c1-12-7-5-4-6-8-15(11-12)16-10-9-13(2)14(16)3/h10,12-15H,4-9,11H2,1-3H3. The van der Waals surface area contributed by atoms with Crippen LogP contribution < -0.4 is 0 Å². The van der Waals surface area contributed by atoms with Crippen LogP contribution in [0.5, 0.6) is 0 Å². The molecule has 2 aliphatic carbocycles. The molecular formula is C16H28. The molecule has 0 saturated heterocycles. The van der Waals surface area contributed by atoms with E-state index in [4.69, 9.17) is 0 Å². The van der Waals surface area contributed by atoms with Crippen LogP contribution in [0.25, 0.3) is 0 Å². The van der Waals surface area contributed by atoms with Gasteiger partial charge >= 0.3 is 0 Å². The topological polar surface area (TPSA) is 0 Å². The first-order valence-corrected chi connectivity index (χ1v) is 7.38. The molecule has 0 heteroatoms. The minimum atomic E-state index is 0.858. The summed E-state index contributed by atoms with van der Waals surface area (Å²) in [4.78, 5) is 0. The average Bonchev–Trinajstić information content (AvgIpc) is 2.54. The molecule has 0 aromatic rings. The van der Waals surface area contributed by atoms with E-state index in [1.54, 1.807) is 0 Å². The smallest absolute Gasteiger partial charge is 0.0198 e. The van der Waals surface area contributed by atoms with Crippen molar-refractivity contribution in [2.75, 3.05) is 0 Å². The van der Waals surface area contributed by atoms with Gasteiger partial charge in [0.1, 0.15) is 0 Å². The lowest BCUT2D eigenvalue weighted by Crippen LogP contribution is -2.16. The highest BCUT2D eigenvalue weighted by Gasteiger charge is 2.29.